The van der Waals surface area contributed by atoms with Crippen molar-refractivity contribution in [2.24, 2.45) is 0 Å². The molecule has 0 aliphatic carbocycles. The molecule has 0 aliphatic heterocycles. The summed E-state index contributed by atoms with van der Waals surface area (Å²) >= 11 is 0. The first-order valence-electron chi connectivity index (χ1n) is 23.0. The van der Waals surface area contributed by atoms with Gasteiger partial charge in [-0.15, -0.1) is 0 Å². The Hall–Kier alpha value is -8.78. The van der Waals surface area contributed by atoms with Crippen LogP contribution in [0.3, 0.4) is 0 Å². The van der Waals surface area contributed by atoms with Crippen molar-refractivity contribution in [2.45, 2.75) is 0 Å². The monoisotopic (exact) mass is 853 g/mol. The summed E-state index contributed by atoms with van der Waals surface area (Å²) in [5.41, 5.74) is 22.3. The summed E-state index contributed by atoms with van der Waals surface area (Å²) in [5.74, 6) is 0. The Labute approximate surface area is 394 Å². The van der Waals surface area contributed by atoms with Crippen LogP contribution >= 0.6 is 0 Å². The van der Waals surface area contributed by atoms with Gasteiger partial charge in [-0.05, 0) is 114 Å². The molecular weight excluding hydrogens is 807 g/mol. The number of benzene rings is 11. The summed E-state index contributed by atoms with van der Waals surface area (Å²) in [6.45, 7) is 0. The topological polar surface area (TPSA) is 3.24 Å². The lowest BCUT2D eigenvalue weighted by molar-refractivity contribution is 1.28. The SMILES string of the molecule is c1ccc(-c2ccc(-c3ccc(N(c4ccc(-c5cccc(-c6ccccc6)c5-c5ccccc5-c5ccccc5)cc4)c4ccccc4-c4ccc(-c5ccccc5)cc4)cc3)cc2)cc1. The molecule has 316 valence electrons. The van der Waals surface area contributed by atoms with E-state index in [1.807, 2.05) is 0 Å². The van der Waals surface area contributed by atoms with Gasteiger partial charge in [0.1, 0.15) is 0 Å². The third kappa shape index (κ3) is 8.51. The molecule has 0 amide bonds. The molecule has 1 heteroatoms. The molecule has 0 aromatic heterocycles. The first kappa shape index (κ1) is 41.0. The van der Waals surface area contributed by atoms with E-state index in [1.54, 1.807) is 0 Å². The van der Waals surface area contributed by atoms with E-state index < -0.39 is 0 Å². The summed E-state index contributed by atoms with van der Waals surface area (Å²) in [5, 5.41) is 0. The van der Waals surface area contributed by atoms with Crippen LogP contribution < -0.4 is 4.90 Å². The second-order valence-electron chi connectivity index (χ2n) is 16.8. The normalized spacial score (nSPS) is 11.0. The van der Waals surface area contributed by atoms with E-state index in [1.165, 1.54) is 72.3 Å². The van der Waals surface area contributed by atoms with Crippen LogP contribution in [0.25, 0.3) is 89.0 Å². The van der Waals surface area contributed by atoms with Gasteiger partial charge in [0, 0.05) is 16.9 Å². The van der Waals surface area contributed by atoms with Crippen molar-refractivity contribution in [3.63, 3.8) is 0 Å². The number of hydrogen-bond donors (Lipinski definition) is 0. The Morgan fingerprint density at radius 3 is 0.896 bits per heavy atom. The van der Waals surface area contributed by atoms with E-state index in [9.17, 15) is 0 Å². The molecule has 0 aliphatic rings. The largest absolute Gasteiger partial charge is 0.310 e. The fourth-order valence-corrected chi connectivity index (χ4v) is 9.40. The highest BCUT2D eigenvalue weighted by atomic mass is 15.1. The van der Waals surface area contributed by atoms with Crippen LogP contribution in [0.15, 0.2) is 285 Å². The first-order chi connectivity index (χ1) is 33.2. The second kappa shape index (κ2) is 18.7. The maximum atomic E-state index is 2.40. The van der Waals surface area contributed by atoms with E-state index in [-0.39, 0.29) is 0 Å². The predicted octanol–water partition coefficient (Wildman–Crippen LogP) is 18.5. The van der Waals surface area contributed by atoms with E-state index in [4.69, 9.17) is 0 Å². The quantitative estimate of drug-likeness (QED) is 0.125. The van der Waals surface area contributed by atoms with Crippen LogP contribution in [0.2, 0.25) is 0 Å². The highest BCUT2D eigenvalue weighted by molar-refractivity contribution is 6.00. The Morgan fingerprint density at radius 1 is 0.164 bits per heavy atom. The maximum absolute atomic E-state index is 2.40. The minimum atomic E-state index is 1.07. The van der Waals surface area contributed by atoms with Gasteiger partial charge >= 0.3 is 0 Å². The Balaban J connectivity index is 1.02. The highest BCUT2D eigenvalue weighted by Gasteiger charge is 2.21. The minimum Gasteiger partial charge on any atom is -0.310 e. The van der Waals surface area contributed by atoms with E-state index in [0.29, 0.717) is 0 Å². The molecule has 0 saturated heterocycles. The Kier molecular flexibility index (Phi) is 11.5. The molecule has 0 N–H and O–H groups in total. The lowest BCUT2D eigenvalue weighted by Crippen LogP contribution is -2.11. The molecule has 0 radical (unpaired) electrons. The molecule has 0 fully saturated rings. The van der Waals surface area contributed by atoms with Gasteiger partial charge in [0.2, 0.25) is 0 Å². The van der Waals surface area contributed by atoms with E-state index in [0.717, 1.165) is 33.8 Å². The van der Waals surface area contributed by atoms with Crippen molar-refractivity contribution in [3.8, 4) is 89.0 Å². The number of anilines is 3. The van der Waals surface area contributed by atoms with Gasteiger partial charge in [0.05, 0.1) is 5.69 Å². The lowest BCUT2D eigenvalue weighted by atomic mass is 9.84. The Bertz CT molecular complexity index is 3380. The minimum absolute atomic E-state index is 1.07. The molecule has 67 heavy (non-hydrogen) atoms. The highest BCUT2D eigenvalue weighted by Crippen LogP contribution is 2.46. The molecule has 11 rings (SSSR count). The van der Waals surface area contributed by atoms with E-state index >= 15 is 0 Å². The van der Waals surface area contributed by atoms with Crippen LogP contribution in [0.1, 0.15) is 0 Å². The second-order valence-corrected chi connectivity index (χ2v) is 16.8. The standard InChI is InChI=1S/C66H47N/c1-5-18-48(19-6-1)50-32-34-52(35-33-50)53-40-44-58(45-41-53)67(65-31-16-15-27-61(65)56-38-36-51(37-39-56)49-20-7-2-8-21-49)59-46-42-57(43-47-59)63-30-17-29-62(55-24-11-4-12-25-55)66(63)64-28-14-13-26-60(64)54-22-9-3-10-23-54/h1-47H. The van der Waals surface area contributed by atoms with Crippen molar-refractivity contribution in [2.75, 3.05) is 4.90 Å². The van der Waals surface area contributed by atoms with Crippen LogP contribution in [0, 0.1) is 0 Å². The first-order valence-corrected chi connectivity index (χ1v) is 23.0. The van der Waals surface area contributed by atoms with Gasteiger partial charge in [-0.2, -0.15) is 0 Å². The van der Waals surface area contributed by atoms with Crippen molar-refractivity contribution < 1.29 is 0 Å². The molecule has 11 aromatic rings. The summed E-state index contributed by atoms with van der Waals surface area (Å²) in [7, 11) is 0. The van der Waals surface area contributed by atoms with Gasteiger partial charge in [-0.1, -0.05) is 255 Å². The van der Waals surface area contributed by atoms with Crippen molar-refractivity contribution in [3.05, 3.63) is 285 Å². The van der Waals surface area contributed by atoms with Crippen molar-refractivity contribution >= 4 is 17.1 Å². The molecule has 11 aromatic carbocycles. The summed E-state index contributed by atoms with van der Waals surface area (Å²) in [6, 6.07) is 103. The molecule has 0 saturated carbocycles. The molecular formula is C66H47N. The zero-order valence-electron chi connectivity index (χ0n) is 37.1. The van der Waals surface area contributed by atoms with Gasteiger partial charge in [0.15, 0.2) is 0 Å². The molecule has 0 heterocycles. The average molecular weight is 854 g/mol. The number of para-hydroxylation sites is 1. The third-order valence-electron chi connectivity index (χ3n) is 12.8. The lowest BCUT2D eigenvalue weighted by Gasteiger charge is -2.28. The van der Waals surface area contributed by atoms with Gasteiger partial charge < -0.3 is 4.90 Å². The fraction of sp³-hybridized carbons (Fsp3) is 0. The van der Waals surface area contributed by atoms with Crippen molar-refractivity contribution in [1.29, 1.82) is 0 Å². The number of hydrogen-bond acceptors (Lipinski definition) is 1. The number of nitrogens with zero attached hydrogens (tertiary/aromatic N) is 1. The van der Waals surface area contributed by atoms with Crippen molar-refractivity contribution in [1.82, 2.24) is 0 Å². The smallest absolute Gasteiger partial charge is 0.0540 e. The van der Waals surface area contributed by atoms with Crippen LogP contribution in [0.4, 0.5) is 17.1 Å². The molecule has 1 nitrogen and oxygen atoms in total. The van der Waals surface area contributed by atoms with Gasteiger partial charge in [-0.3, -0.25) is 0 Å². The number of rotatable bonds is 11. The third-order valence-corrected chi connectivity index (χ3v) is 12.8. The Morgan fingerprint density at radius 2 is 0.433 bits per heavy atom. The molecule has 0 unspecified atom stereocenters. The van der Waals surface area contributed by atoms with Gasteiger partial charge in [-0.25, -0.2) is 0 Å². The zero-order valence-corrected chi connectivity index (χ0v) is 37.1. The predicted molar refractivity (Wildman–Crippen MR) is 285 cm³/mol. The zero-order chi connectivity index (χ0) is 44.8. The summed E-state index contributed by atoms with van der Waals surface area (Å²) in [4.78, 5) is 2.40. The molecule has 0 bridgehead atoms. The molecule has 0 spiro atoms. The molecule has 0 atom stereocenters. The van der Waals surface area contributed by atoms with Gasteiger partial charge in [0.25, 0.3) is 0 Å². The van der Waals surface area contributed by atoms with Crippen LogP contribution in [0.5, 0.6) is 0 Å². The maximum Gasteiger partial charge on any atom is 0.0540 e. The van der Waals surface area contributed by atoms with Crippen LogP contribution in [-0.4, -0.2) is 0 Å². The fourth-order valence-electron chi connectivity index (χ4n) is 9.40. The van der Waals surface area contributed by atoms with Crippen LogP contribution in [-0.2, 0) is 0 Å². The summed E-state index contributed by atoms with van der Waals surface area (Å²) in [6.07, 6.45) is 0. The summed E-state index contributed by atoms with van der Waals surface area (Å²) < 4.78 is 0. The van der Waals surface area contributed by atoms with E-state index in [2.05, 4.69) is 290 Å². The average Bonchev–Trinajstić information content (AvgIpc) is 3.42.